The van der Waals surface area contributed by atoms with Gasteiger partial charge < -0.3 is 0 Å². The van der Waals surface area contributed by atoms with E-state index in [0.29, 0.717) is 0 Å². The molecule has 0 fully saturated rings. The van der Waals surface area contributed by atoms with Crippen LogP contribution in [0.3, 0.4) is 0 Å². The number of hydrogen-bond acceptors (Lipinski definition) is 1. The maximum Gasteiger partial charge on any atom is 0.138 e. The molecular formula is C21H16ClFN2. The van der Waals surface area contributed by atoms with Crippen LogP contribution in [0.5, 0.6) is 0 Å². The van der Waals surface area contributed by atoms with Crippen LogP contribution in [0.2, 0.25) is 0 Å². The molecule has 2 nitrogen and oxygen atoms in total. The molecule has 1 aromatic heterocycles. The van der Waals surface area contributed by atoms with Crippen molar-refractivity contribution in [1.29, 1.82) is 0 Å². The molecule has 0 atom stereocenters. The molecule has 0 amide bonds. The van der Waals surface area contributed by atoms with Gasteiger partial charge in [0.25, 0.3) is 0 Å². The molecule has 0 aliphatic carbocycles. The van der Waals surface area contributed by atoms with Crippen molar-refractivity contribution in [3.8, 4) is 5.69 Å². The van der Waals surface area contributed by atoms with Crippen molar-refractivity contribution in [2.75, 3.05) is 0 Å². The van der Waals surface area contributed by atoms with E-state index in [1.54, 1.807) is 12.1 Å². The molecular weight excluding hydrogens is 335 g/mol. The first kappa shape index (κ1) is 16.9. The Hall–Kier alpha value is -2.91. The number of para-hydroxylation sites is 2. The Kier molecular flexibility index (Phi) is 4.96. The van der Waals surface area contributed by atoms with Crippen LogP contribution in [-0.2, 0) is 0 Å². The second-order valence-corrected chi connectivity index (χ2v) is 5.51. The predicted octanol–water partition coefficient (Wildman–Crippen LogP) is 5.76. The maximum atomic E-state index is 13.3. The first-order chi connectivity index (χ1) is 11.8. The topological polar surface area (TPSA) is 17.8 Å². The van der Waals surface area contributed by atoms with E-state index in [0.717, 1.165) is 28.1 Å². The molecule has 0 unspecified atom stereocenters. The Morgan fingerprint density at radius 1 is 0.760 bits per heavy atom. The zero-order valence-corrected chi connectivity index (χ0v) is 14.2. The molecule has 0 N–H and O–H groups in total. The molecule has 0 aliphatic rings. The standard InChI is InChI=1S/C21H15FN2.ClH/c22-17-11-13-18(14-12-17)24-20-9-5-4-8-19(20)23-21(24)15-10-16-6-2-1-3-7-16;/h1-15H;1H/b15-10+;. The number of rotatable bonds is 3. The van der Waals surface area contributed by atoms with Crippen molar-refractivity contribution >= 4 is 35.6 Å². The molecule has 4 heteroatoms. The molecule has 4 aromatic rings. The van der Waals surface area contributed by atoms with Gasteiger partial charge in [0.15, 0.2) is 0 Å². The van der Waals surface area contributed by atoms with Crippen LogP contribution in [0.25, 0.3) is 28.9 Å². The van der Waals surface area contributed by atoms with Crippen LogP contribution in [0.1, 0.15) is 11.4 Å². The van der Waals surface area contributed by atoms with Gasteiger partial charge in [0.2, 0.25) is 0 Å². The highest BCUT2D eigenvalue weighted by Gasteiger charge is 2.10. The minimum atomic E-state index is -0.246. The van der Waals surface area contributed by atoms with Crippen molar-refractivity contribution in [3.63, 3.8) is 0 Å². The first-order valence-corrected chi connectivity index (χ1v) is 7.78. The van der Waals surface area contributed by atoms with E-state index in [1.165, 1.54) is 12.1 Å². The van der Waals surface area contributed by atoms with E-state index < -0.39 is 0 Å². The SMILES string of the molecule is Cl.Fc1ccc(-n2c(/C=C/c3ccccc3)nc3ccccc32)cc1. The summed E-state index contributed by atoms with van der Waals surface area (Å²) in [5, 5.41) is 0. The fourth-order valence-electron chi connectivity index (χ4n) is 2.75. The van der Waals surface area contributed by atoms with Crippen LogP contribution in [0.15, 0.2) is 78.9 Å². The third-order valence-corrected chi connectivity index (χ3v) is 3.90. The largest absolute Gasteiger partial charge is 0.293 e. The Morgan fingerprint density at radius 2 is 1.44 bits per heavy atom. The zero-order valence-electron chi connectivity index (χ0n) is 13.3. The van der Waals surface area contributed by atoms with Crippen LogP contribution in [-0.4, -0.2) is 9.55 Å². The molecule has 25 heavy (non-hydrogen) atoms. The molecule has 0 bridgehead atoms. The van der Waals surface area contributed by atoms with Crippen LogP contribution in [0.4, 0.5) is 4.39 Å². The van der Waals surface area contributed by atoms with Gasteiger partial charge in [0, 0.05) is 5.69 Å². The van der Waals surface area contributed by atoms with Gasteiger partial charge in [-0.3, -0.25) is 4.57 Å². The van der Waals surface area contributed by atoms with E-state index in [-0.39, 0.29) is 18.2 Å². The molecule has 0 saturated heterocycles. The summed E-state index contributed by atoms with van der Waals surface area (Å²) >= 11 is 0. The average Bonchev–Trinajstić information content (AvgIpc) is 3.00. The first-order valence-electron chi connectivity index (χ1n) is 7.78. The lowest BCUT2D eigenvalue weighted by atomic mass is 10.2. The summed E-state index contributed by atoms with van der Waals surface area (Å²) in [6.45, 7) is 0. The Balaban J connectivity index is 0.00000182. The summed E-state index contributed by atoms with van der Waals surface area (Å²) in [4.78, 5) is 4.71. The highest BCUT2D eigenvalue weighted by molar-refractivity contribution is 5.85. The molecule has 0 aliphatic heterocycles. The Bertz CT molecular complexity index is 1010. The number of halogens is 2. The van der Waals surface area contributed by atoms with E-state index in [9.17, 15) is 4.39 Å². The minimum absolute atomic E-state index is 0. The molecule has 0 radical (unpaired) electrons. The minimum Gasteiger partial charge on any atom is -0.293 e. The predicted molar refractivity (Wildman–Crippen MR) is 104 cm³/mol. The highest BCUT2D eigenvalue weighted by atomic mass is 35.5. The number of nitrogens with zero attached hydrogens (tertiary/aromatic N) is 2. The monoisotopic (exact) mass is 350 g/mol. The van der Waals surface area contributed by atoms with Gasteiger partial charge in [-0.15, -0.1) is 12.4 Å². The zero-order chi connectivity index (χ0) is 16.4. The fourth-order valence-corrected chi connectivity index (χ4v) is 2.75. The number of aromatic nitrogens is 2. The molecule has 1 heterocycles. The van der Waals surface area contributed by atoms with Crippen molar-refractivity contribution < 1.29 is 4.39 Å². The van der Waals surface area contributed by atoms with Crippen LogP contribution < -0.4 is 0 Å². The van der Waals surface area contributed by atoms with Gasteiger partial charge in [0.1, 0.15) is 11.6 Å². The Labute approximate surface area is 151 Å². The third kappa shape index (κ3) is 3.47. The maximum absolute atomic E-state index is 13.3. The second kappa shape index (κ2) is 7.32. The molecule has 0 spiro atoms. The van der Waals surface area contributed by atoms with Crippen molar-refractivity contribution in [2.45, 2.75) is 0 Å². The van der Waals surface area contributed by atoms with Gasteiger partial charge in [-0.25, -0.2) is 9.37 Å². The number of benzene rings is 3. The molecule has 4 rings (SSSR count). The number of fused-ring (bicyclic) bond motifs is 1. The highest BCUT2D eigenvalue weighted by Crippen LogP contribution is 2.23. The molecule has 0 saturated carbocycles. The van der Waals surface area contributed by atoms with E-state index >= 15 is 0 Å². The summed E-state index contributed by atoms with van der Waals surface area (Å²) < 4.78 is 15.3. The summed E-state index contributed by atoms with van der Waals surface area (Å²) in [5.74, 6) is 0.566. The quantitative estimate of drug-likeness (QED) is 0.459. The third-order valence-electron chi connectivity index (χ3n) is 3.90. The second-order valence-electron chi connectivity index (χ2n) is 5.51. The van der Waals surface area contributed by atoms with Gasteiger partial charge in [-0.2, -0.15) is 0 Å². The van der Waals surface area contributed by atoms with Gasteiger partial charge in [-0.1, -0.05) is 48.5 Å². The Morgan fingerprint density at radius 3 is 2.20 bits per heavy atom. The number of imidazole rings is 1. The smallest absolute Gasteiger partial charge is 0.138 e. The summed E-state index contributed by atoms with van der Waals surface area (Å²) in [6, 6.07) is 24.5. The molecule has 3 aromatic carbocycles. The van der Waals surface area contributed by atoms with E-state index in [2.05, 4.69) is 0 Å². The normalized spacial score (nSPS) is 10.9. The van der Waals surface area contributed by atoms with E-state index in [1.807, 2.05) is 71.3 Å². The van der Waals surface area contributed by atoms with Crippen LogP contribution in [0, 0.1) is 5.82 Å². The number of hydrogen-bond donors (Lipinski definition) is 0. The van der Waals surface area contributed by atoms with Crippen molar-refractivity contribution in [3.05, 3.63) is 96.1 Å². The van der Waals surface area contributed by atoms with Crippen molar-refractivity contribution in [1.82, 2.24) is 9.55 Å². The lowest BCUT2D eigenvalue weighted by Gasteiger charge is -2.07. The fraction of sp³-hybridized carbons (Fsp3) is 0. The molecule has 124 valence electrons. The van der Waals surface area contributed by atoms with E-state index in [4.69, 9.17) is 4.98 Å². The summed E-state index contributed by atoms with van der Waals surface area (Å²) in [5.41, 5.74) is 3.90. The van der Waals surface area contributed by atoms with Gasteiger partial charge in [0.05, 0.1) is 11.0 Å². The lowest BCUT2D eigenvalue weighted by Crippen LogP contribution is -1.97. The summed E-state index contributed by atoms with van der Waals surface area (Å²) in [6.07, 6.45) is 4.01. The van der Waals surface area contributed by atoms with Gasteiger partial charge >= 0.3 is 0 Å². The van der Waals surface area contributed by atoms with Crippen molar-refractivity contribution in [2.24, 2.45) is 0 Å². The summed E-state index contributed by atoms with van der Waals surface area (Å²) in [7, 11) is 0. The average molecular weight is 351 g/mol. The lowest BCUT2D eigenvalue weighted by molar-refractivity contribution is 0.627. The van der Waals surface area contributed by atoms with Gasteiger partial charge in [-0.05, 0) is 48.0 Å². The van der Waals surface area contributed by atoms with Crippen LogP contribution >= 0.6 is 12.4 Å².